The van der Waals surface area contributed by atoms with Crippen LogP contribution in [0, 0.1) is 6.92 Å². The van der Waals surface area contributed by atoms with Gasteiger partial charge in [-0.2, -0.15) is 0 Å². The Bertz CT molecular complexity index is 515. The zero-order valence-corrected chi connectivity index (χ0v) is 14.6. The summed E-state index contributed by atoms with van der Waals surface area (Å²) in [6.45, 7) is 3.70. The Labute approximate surface area is 139 Å². The lowest BCUT2D eigenvalue weighted by atomic mass is 10.2. The van der Waals surface area contributed by atoms with Crippen LogP contribution in [0.5, 0.6) is 5.75 Å². The van der Waals surface area contributed by atoms with Crippen LogP contribution >= 0.6 is 15.9 Å². The molecule has 22 heavy (non-hydrogen) atoms. The van der Waals surface area contributed by atoms with E-state index in [0.717, 1.165) is 29.5 Å². The predicted molar refractivity (Wildman–Crippen MR) is 88.5 cm³/mol. The second-order valence-electron chi connectivity index (χ2n) is 5.31. The summed E-state index contributed by atoms with van der Waals surface area (Å²) in [6.07, 6.45) is 2.64. The Morgan fingerprint density at radius 2 is 2.32 bits per heavy atom. The van der Waals surface area contributed by atoms with Gasteiger partial charge in [-0.3, -0.25) is 4.79 Å². The number of amides is 1. The van der Waals surface area contributed by atoms with Gasteiger partial charge < -0.3 is 19.5 Å². The van der Waals surface area contributed by atoms with E-state index in [1.54, 1.807) is 7.11 Å². The zero-order chi connectivity index (χ0) is 15.9. The number of hydrogen-bond donors (Lipinski definition) is 1. The molecule has 0 radical (unpaired) electrons. The Morgan fingerprint density at radius 1 is 1.50 bits per heavy atom. The van der Waals surface area contributed by atoms with Gasteiger partial charge in [-0.15, -0.1) is 0 Å². The van der Waals surface area contributed by atoms with Crippen LogP contribution in [0.25, 0.3) is 0 Å². The van der Waals surface area contributed by atoms with Crippen molar-refractivity contribution >= 4 is 27.5 Å². The Balaban J connectivity index is 1.79. The average molecular weight is 372 g/mol. The fourth-order valence-electron chi connectivity index (χ4n) is 2.39. The number of methoxy groups -OCH3 is 1. The molecule has 1 fully saturated rings. The molecule has 2 rings (SSSR count). The van der Waals surface area contributed by atoms with E-state index in [9.17, 15) is 4.79 Å². The number of carbonyl (C=O) groups is 1. The van der Waals surface area contributed by atoms with E-state index in [2.05, 4.69) is 21.2 Å². The van der Waals surface area contributed by atoms with Crippen LogP contribution in [0.1, 0.15) is 24.8 Å². The molecule has 1 saturated heterocycles. The highest BCUT2D eigenvalue weighted by molar-refractivity contribution is 9.10. The molecule has 1 N–H and O–H groups in total. The molecule has 122 valence electrons. The minimum absolute atomic E-state index is 0.0870. The average Bonchev–Trinajstić information content (AvgIpc) is 2.99. The summed E-state index contributed by atoms with van der Waals surface area (Å²) in [5.74, 6) is 0.552. The second-order valence-corrected chi connectivity index (χ2v) is 6.22. The van der Waals surface area contributed by atoms with E-state index < -0.39 is 0 Å². The Kier molecular flexibility index (Phi) is 6.67. The molecule has 0 aliphatic carbocycles. The van der Waals surface area contributed by atoms with Gasteiger partial charge in [-0.05, 0) is 37.5 Å². The molecule has 0 aromatic heterocycles. The second kappa shape index (κ2) is 8.50. The van der Waals surface area contributed by atoms with Crippen LogP contribution in [-0.2, 0) is 14.3 Å². The van der Waals surface area contributed by atoms with Crippen molar-refractivity contribution < 1.29 is 19.0 Å². The quantitative estimate of drug-likeness (QED) is 0.747. The van der Waals surface area contributed by atoms with Gasteiger partial charge in [0.25, 0.3) is 0 Å². The topological polar surface area (TPSA) is 56.8 Å². The molecule has 0 bridgehead atoms. The maximum Gasteiger partial charge on any atom is 0.226 e. The SMILES string of the molecule is COc1cc(Br)cc(C)c1NC(=O)CCOCC1CCCO1. The first-order chi connectivity index (χ1) is 10.6. The standard InChI is InChI=1S/C16H22BrNO4/c1-11-8-12(17)9-14(20-2)16(11)18-15(19)5-7-21-10-13-4-3-6-22-13/h8-9,13H,3-7,10H2,1-2H3,(H,18,19). The molecule has 1 aliphatic heterocycles. The number of benzene rings is 1. The lowest BCUT2D eigenvalue weighted by Crippen LogP contribution is -2.19. The van der Waals surface area contributed by atoms with Crippen molar-refractivity contribution in [1.29, 1.82) is 0 Å². The molecule has 1 aliphatic rings. The third-order valence-corrected chi connectivity index (χ3v) is 4.01. The van der Waals surface area contributed by atoms with Crippen LogP contribution in [0.2, 0.25) is 0 Å². The lowest BCUT2D eigenvalue weighted by molar-refractivity contribution is -0.117. The van der Waals surface area contributed by atoms with E-state index in [0.29, 0.717) is 31.1 Å². The Morgan fingerprint density at radius 3 is 3.00 bits per heavy atom. The van der Waals surface area contributed by atoms with Crippen molar-refractivity contribution in [2.75, 3.05) is 32.2 Å². The van der Waals surface area contributed by atoms with Gasteiger partial charge in [0.1, 0.15) is 5.75 Å². The third-order valence-electron chi connectivity index (χ3n) is 3.55. The van der Waals surface area contributed by atoms with Crippen molar-refractivity contribution in [3.05, 3.63) is 22.2 Å². The normalized spacial score (nSPS) is 17.5. The maximum atomic E-state index is 12.0. The third kappa shape index (κ3) is 4.97. The highest BCUT2D eigenvalue weighted by atomic mass is 79.9. The molecule has 0 spiro atoms. The van der Waals surface area contributed by atoms with Gasteiger partial charge in [0.15, 0.2) is 0 Å². The van der Waals surface area contributed by atoms with Crippen molar-refractivity contribution in [3.63, 3.8) is 0 Å². The van der Waals surface area contributed by atoms with Crippen molar-refractivity contribution in [3.8, 4) is 5.75 Å². The predicted octanol–water partition coefficient (Wildman–Crippen LogP) is 3.29. The molecular weight excluding hydrogens is 350 g/mol. The number of aryl methyl sites for hydroxylation is 1. The number of nitrogens with one attached hydrogen (secondary N) is 1. The van der Waals surface area contributed by atoms with E-state index in [1.807, 2.05) is 19.1 Å². The van der Waals surface area contributed by atoms with Crippen molar-refractivity contribution in [2.24, 2.45) is 0 Å². The number of rotatable bonds is 7. The van der Waals surface area contributed by atoms with Crippen LogP contribution in [-0.4, -0.2) is 38.9 Å². The van der Waals surface area contributed by atoms with Gasteiger partial charge in [-0.1, -0.05) is 15.9 Å². The fourth-order valence-corrected chi connectivity index (χ4v) is 2.94. The van der Waals surface area contributed by atoms with E-state index in [1.165, 1.54) is 0 Å². The van der Waals surface area contributed by atoms with E-state index >= 15 is 0 Å². The van der Waals surface area contributed by atoms with Gasteiger partial charge in [0.05, 0.1) is 38.5 Å². The molecule has 5 nitrogen and oxygen atoms in total. The molecular formula is C16H22BrNO4. The molecule has 6 heteroatoms. The minimum atomic E-state index is -0.0870. The summed E-state index contributed by atoms with van der Waals surface area (Å²) in [5.41, 5.74) is 1.65. The summed E-state index contributed by atoms with van der Waals surface area (Å²) in [5, 5.41) is 2.89. The maximum absolute atomic E-state index is 12.0. The first kappa shape index (κ1) is 17.2. The highest BCUT2D eigenvalue weighted by Gasteiger charge is 2.16. The number of anilines is 1. The molecule has 1 amide bonds. The molecule has 1 aromatic rings. The van der Waals surface area contributed by atoms with Crippen molar-refractivity contribution in [1.82, 2.24) is 0 Å². The van der Waals surface area contributed by atoms with Gasteiger partial charge in [0, 0.05) is 11.1 Å². The van der Waals surface area contributed by atoms with E-state index in [-0.39, 0.29) is 12.0 Å². The number of hydrogen-bond acceptors (Lipinski definition) is 4. The van der Waals surface area contributed by atoms with Crippen LogP contribution in [0.3, 0.4) is 0 Å². The largest absolute Gasteiger partial charge is 0.495 e. The molecule has 1 heterocycles. The number of carbonyl (C=O) groups excluding carboxylic acids is 1. The molecule has 0 saturated carbocycles. The van der Waals surface area contributed by atoms with Gasteiger partial charge in [0.2, 0.25) is 5.91 Å². The first-order valence-corrected chi connectivity index (χ1v) is 8.22. The molecule has 1 unspecified atom stereocenters. The summed E-state index contributed by atoms with van der Waals surface area (Å²) in [4.78, 5) is 12.0. The number of ether oxygens (including phenoxy) is 3. The van der Waals surface area contributed by atoms with Crippen molar-refractivity contribution in [2.45, 2.75) is 32.3 Å². The summed E-state index contributed by atoms with van der Waals surface area (Å²) >= 11 is 3.41. The lowest BCUT2D eigenvalue weighted by Gasteiger charge is -2.14. The smallest absolute Gasteiger partial charge is 0.226 e. The monoisotopic (exact) mass is 371 g/mol. The van der Waals surface area contributed by atoms with Crippen LogP contribution in [0.4, 0.5) is 5.69 Å². The summed E-state index contributed by atoms with van der Waals surface area (Å²) in [7, 11) is 1.58. The van der Waals surface area contributed by atoms with Gasteiger partial charge >= 0.3 is 0 Å². The first-order valence-electron chi connectivity index (χ1n) is 7.43. The summed E-state index contributed by atoms with van der Waals surface area (Å²) in [6, 6.07) is 3.77. The van der Waals surface area contributed by atoms with Crippen LogP contribution < -0.4 is 10.1 Å². The van der Waals surface area contributed by atoms with Crippen LogP contribution in [0.15, 0.2) is 16.6 Å². The zero-order valence-electron chi connectivity index (χ0n) is 13.0. The number of halogens is 1. The van der Waals surface area contributed by atoms with Gasteiger partial charge in [-0.25, -0.2) is 0 Å². The molecule has 1 atom stereocenters. The highest BCUT2D eigenvalue weighted by Crippen LogP contribution is 2.32. The fraction of sp³-hybridized carbons (Fsp3) is 0.562. The minimum Gasteiger partial charge on any atom is -0.495 e. The molecule has 1 aromatic carbocycles. The summed E-state index contributed by atoms with van der Waals surface area (Å²) < 4.78 is 17.2. The Hall–Kier alpha value is -1.11. The van der Waals surface area contributed by atoms with E-state index in [4.69, 9.17) is 14.2 Å².